The first-order valence-corrected chi connectivity index (χ1v) is 22.4. The fraction of sp³-hybridized carbons (Fsp3) is 0.927. The van der Waals surface area contributed by atoms with E-state index in [-0.39, 0.29) is 25.8 Å². The number of carbonyl (C=O) groups is 1. The van der Waals surface area contributed by atoms with Crippen molar-refractivity contribution in [1.82, 2.24) is 0 Å². The van der Waals surface area contributed by atoms with Crippen LogP contribution in [0.3, 0.4) is 0 Å². The summed E-state index contributed by atoms with van der Waals surface area (Å²) >= 11 is 0. The molecule has 8 nitrogen and oxygen atoms in total. The van der Waals surface area contributed by atoms with Gasteiger partial charge in [-0.25, -0.2) is 4.57 Å². The summed E-state index contributed by atoms with van der Waals surface area (Å²) in [4.78, 5) is 22.8. The Morgan fingerprint density at radius 3 is 1.58 bits per heavy atom. The molecule has 2 atom stereocenters. The fourth-order valence-corrected chi connectivity index (χ4v) is 6.51. The lowest BCUT2D eigenvalue weighted by atomic mass is 10.0. The molecular weight excluding hydrogens is 649 g/mol. The first-order chi connectivity index (χ1) is 24.1. The normalized spacial score (nSPS) is 14.0. The summed E-state index contributed by atoms with van der Waals surface area (Å²) in [6, 6.07) is 0. The van der Waals surface area contributed by atoms with Crippen molar-refractivity contribution in [3.05, 3.63) is 12.2 Å². The molecule has 50 heavy (non-hydrogen) atoms. The van der Waals surface area contributed by atoms with Crippen LogP contribution in [0.5, 0.6) is 0 Å². The van der Waals surface area contributed by atoms with Gasteiger partial charge in [-0.05, 0) is 32.1 Å². The lowest BCUT2D eigenvalue weighted by molar-refractivity contribution is -0.870. The summed E-state index contributed by atoms with van der Waals surface area (Å²) in [6.07, 6.45) is 36.7. The summed E-state index contributed by atoms with van der Waals surface area (Å²) in [6.45, 7) is 5.60. The summed E-state index contributed by atoms with van der Waals surface area (Å²) in [7, 11) is 1.67. The number of hydrogen-bond acceptors (Lipinski definition) is 6. The monoisotopic (exact) mass is 733 g/mol. The van der Waals surface area contributed by atoms with Gasteiger partial charge in [0.15, 0.2) is 0 Å². The number of allylic oxidation sites excluding steroid dienone is 2. The maximum absolute atomic E-state index is 12.6. The smallest absolute Gasteiger partial charge is 0.457 e. The van der Waals surface area contributed by atoms with Crippen LogP contribution in [0.25, 0.3) is 0 Å². The molecule has 0 rings (SSSR count). The molecule has 0 saturated carbocycles. The molecular formula is C41H83NO7P+. The van der Waals surface area contributed by atoms with Gasteiger partial charge in [0, 0.05) is 13.0 Å². The van der Waals surface area contributed by atoms with Gasteiger partial charge >= 0.3 is 13.8 Å². The van der Waals surface area contributed by atoms with E-state index in [2.05, 4.69) is 26.0 Å². The van der Waals surface area contributed by atoms with Gasteiger partial charge in [0.1, 0.15) is 19.3 Å². The van der Waals surface area contributed by atoms with Gasteiger partial charge in [-0.15, -0.1) is 0 Å². The third-order valence-corrected chi connectivity index (χ3v) is 10.1. The molecule has 1 N–H and O–H groups in total. The molecule has 0 aromatic rings. The van der Waals surface area contributed by atoms with Gasteiger partial charge in [-0.2, -0.15) is 0 Å². The van der Waals surface area contributed by atoms with Crippen LogP contribution in [0.2, 0.25) is 0 Å². The first kappa shape index (κ1) is 49.2. The zero-order chi connectivity index (χ0) is 37.0. The highest BCUT2D eigenvalue weighted by Crippen LogP contribution is 2.43. The Morgan fingerprint density at radius 1 is 0.600 bits per heavy atom. The van der Waals surface area contributed by atoms with Crippen molar-refractivity contribution in [1.29, 1.82) is 0 Å². The number of likely N-dealkylation sites (N-methyl/N-ethyl adjacent to an activating group) is 1. The van der Waals surface area contributed by atoms with Crippen molar-refractivity contribution in [2.75, 3.05) is 54.1 Å². The molecule has 0 aliphatic rings. The molecule has 0 aromatic heterocycles. The quantitative estimate of drug-likeness (QED) is 0.0221. The zero-order valence-corrected chi connectivity index (χ0v) is 34.5. The van der Waals surface area contributed by atoms with Crippen LogP contribution in [0.4, 0.5) is 0 Å². The van der Waals surface area contributed by atoms with Crippen molar-refractivity contribution in [3.8, 4) is 0 Å². The average molecular weight is 733 g/mol. The highest BCUT2D eigenvalue weighted by atomic mass is 31.2. The molecule has 0 aliphatic carbocycles. The highest BCUT2D eigenvalue weighted by molar-refractivity contribution is 7.47. The zero-order valence-electron chi connectivity index (χ0n) is 33.7. The molecule has 0 saturated heterocycles. The lowest BCUT2D eigenvalue weighted by Gasteiger charge is -2.24. The van der Waals surface area contributed by atoms with E-state index in [1.54, 1.807) is 0 Å². The van der Waals surface area contributed by atoms with Crippen molar-refractivity contribution in [2.45, 2.75) is 193 Å². The molecule has 0 fully saturated rings. The maximum atomic E-state index is 12.6. The van der Waals surface area contributed by atoms with Crippen molar-refractivity contribution in [3.63, 3.8) is 0 Å². The SMILES string of the molecule is CCCC/C=C\CCCCCCCC(=O)OC(COCCCCCCCCCCCCCCCCCCC)COP(=O)(O)OCC[N+](C)(C)C. The molecule has 0 spiro atoms. The van der Waals surface area contributed by atoms with Gasteiger partial charge in [0.2, 0.25) is 0 Å². The van der Waals surface area contributed by atoms with Gasteiger partial charge in [0.05, 0.1) is 34.4 Å². The van der Waals surface area contributed by atoms with Crippen molar-refractivity contribution < 1.29 is 37.3 Å². The molecule has 0 aliphatic heterocycles. The second-order valence-corrected chi connectivity index (χ2v) is 16.8. The molecule has 9 heteroatoms. The number of nitrogens with zero attached hydrogens (tertiary/aromatic N) is 1. The predicted molar refractivity (Wildman–Crippen MR) is 210 cm³/mol. The standard InChI is InChI=1S/C41H82NO7P/c1-6-8-10-12-14-16-18-19-20-21-22-23-25-27-29-31-33-36-46-38-40(39-48-50(44,45)47-37-35-42(3,4)5)49-41(43)34-32-30-28-26-24-17-15-13-11-9-7-2/h13,15,40H,6-12,14,16-39H2,1-5H3/p+1/b15-13-. The number of phosphoric acid groups is 1. The van der Waals surface area contributed by atoms with Gasteiger partial charge in [-0.3, -0.25) is 13.8 Å². The van der Waals surface area contributed by atoms with Crippen LogP contribution in [-0.2, 0) is 27.9 Å². The summed E-state index contributed by atoms with van der Waals surface area (Å²) in [5.74, 6) is -0.322. The summed E-state index contributed by atoms with van der Waals surface area (Å²) in [5.41, 5.74) is 0. The Morgan fingerprint density at radius 2 is 1.06 bits per heavy atom. The number of hydrogen-bond donors (Lipinski definition) is 1. The number of rotatable bonds is 39. The van der Waals surface area contributed by atoms with Crippen LogP contribution < -0.4 is 0 Å². The number of unbranched alkanes of at least 4 members (excludes halogenated alkanes) is 23. The molecule has 2 unspecified atom stereocenters. The minimum absolute atomic E-state index is 0.0900. The highest BCUT2D eigenvalue weighted by Gasteiger charge is 2.26. The Bertz CT molecular complexity index is 817. The molecule has 0 radical (unpaired) electrons. The number of carbonyl (C=O) groups excluding carboxylic acids is 1. The van der Waals surface area contributed by atoms with Gasteiger partial charge < -0.3 is 18.9 Å². The van der Waals surface area contributed by atoms with Crippen LogP contribution in [0.15, 0.2) is 12.2 Å². The van der Waals surface area contributed by atoms with E-state index in [4.69, 9.17) is 18.5 Å². The second kappa shape index (κ2) is 35.3. The topological polar surface area (TPSA) is 91.3 Å². The number of esters is 1. The van der Waals surface area contributed by atoms with Crippen molar-refractivity contribution >= 4 is 13.8 Å². The largest absolute Gasteiger partial charge is 0.472 e. The molecule has 0 aromatic carbocycles. The Balaban J connectivity index is 4.19. The van der Waals surface area contributed by atoms with Crippen LogP contribution in [0.1, 0.15) is 187 Å². The summed E-state index contributed by atoms with van der Waals surface area (Å²) < 4.78 is 34.9. The van der Waals surface area contributed by atoms with E-state index >= 15 is 0 Å². The van der Waals surface area contributed by atoms with Crippen LogP contribution in [0, 0.1) is 0 Å². The van der Waals surface area contributed by atoms with Crippen molar-refractivity contribution in [2.24, 2.45) is 0 Å². The third-order valence-electron chi connectivity index (χ3n) is 9.08. The Hall–Kier alpha value is -0.760. The van der Waals surface area contributed by atoms with E-state index in [0.717, 1.165) is 44.9 Å². The average Bonchev–Trinajstić information content (AvgIpc) is 3.06. The second-order valence-electron chi connectivity index (χ2n) is 15.4. The molecule has 0 bridgehead atoms. The lowest BCUT2D eigenvalue weighted by Crippen LogP contribution is -2.37. The third kappa shape index (κ3) is 38.5. The Kier molecular flexibility index (Phi) is 34.7. The fourth-order valence-electron chi connectivity index (χ4n) is 5.77. The Labute approximate surface area is 310 Å². The van der Waals surface area contributed by atoms with E-state index in [0.29, 0.717) is 24.1 Å². The van der Waals surface area contributed by atoms with Crippen LogP contribution >= 0.6 is 7.82 Å². The minimum Gasteiger partial charge on any atom is -0.457 e. The predicted octanol–water partition coefficient (Wildman–Crippen LogP) is 11.9. The number of ether oxygens (including phenoxy) is 2. The maximum Gasteiger partial charge on any atom is 0.472 e. The minimum atomic E-state index is -4.27. The van der Waals surface area contributed by atoms with E-state index in [1.165, 1.54) is 122 Å². The van der Waals surface area contributed by atoms with Gasteiger partial charge in [0.25, 0.3) is 0 Å². The first-order valence-electron chi connectivity index (χ1n) is 20.9. The van der Waals surface area contributed by atoms with E-state index in [9.17, 15) is 14.3 Å². The molecule has 0 amide bonds. The molecule has 298 valence electrons. The molecule has 0 heterocycles. The van der Waals surface area contributed by atoms with E-state index < -0.39 is 13.9 Å². The van der Waals surface area contributed by atoms with E-state index in [1.807, 2.05) is 21.1 Å². The summed E-state index contributed by atoms with van der Waals surface area (Å²) in [5, 5.41) is 0. The number of quaternary nitrogens is 1. The number of phosphoric ester groups is 1. The van der Waals surface area contributed by atoms with Gasteiger partial charge in [-0.1, -0.05) is 161 Å². The van der Waals surface area contributed by atoms with Crippen LogP contribution in [-0.4, -0.2) is 75.6 Å².